The maximum atomic E-state index is 11.8. The number of nitrogens with zero attached hydrogens (tertiary/aromatic N) is 3. The number of ether oxygens (including phenoxy) is 1. The van der Waals surface area contributed by atoms with Crippen LogP contribution in [0.25, 0.3) is 33.3 Å². The molecular formula is C32H37N5O2. The van der Waals surface area contributed by atoms with Gasteiger partial charge in [0, 0.05) is 73.7 Å². The summed E-state index contributed by atoms with van der Waals surface area (Å²) in [6, 6.07) is 10.7. The molecular weight excluding hydrogens is 486 g/mol. The third-order valence-corrected chi connectivity index (χ3v) is 8.68. The molecule has 0 aliphatic carbocycles. The first-order valence-corrected chi connectivity index (χ1v) is 13.9. The highest BCUT2D eigenvalue weighted by Gasteiger charge is 2.21. The molecule has 0 radical (unpaired) electrons. The topological polar surface area (TPSA) is 87.5 Å². The molecule has 0 atom stereocenters. The maximum Gasteiger partial charge on any atom is 0.248 e. The third kappa shape index (κ3) is 4.98. The molecule has 39 heavy (non-hydrogen) atoms. The zero-order valence-electron chi connectivity index (χ0n) is 23.1. The van der Waals surface area contributed by atoms with Crippen LogP contribution in [0.1, 0.15) is 38.2 Å². The van der Waals surface area contributed by atoms with Crippen molar-refractivity contribution in [3.05, 3.63) is 76.1 Å². The number of benzene rings is 2. The van der Waals surface area contributed by atoms with Crippen molar-refractivity contribution in [2.75, 3.05) is 45.9 Å². The van der Waals surface area contributed by atoms with E-state index in [4.69, 9.17) is 15.5 Å². The molecule has 4 heterocycles. The number of nitrogens with two attached hydrogens (primary N) is 1. The highest BCUT2D eigenvalue weighted by Crippen LogP contribution is 2.36. The van der Waals surface area contributed by atoms with Gasteiger partial charge in [-0.1, -0.05) is 12.1 Å². The number of aryl methyl sites for hydroxylation is 1. The number of aromatic nitrogens is 2. The molecule has 3 N–H and O–H groups in total. The van der Waals surface area contributed by atoms with Crippen LogP contribution in [-0.4, -0.2) is 71.6 Å². The average Bonchev–Trinajstić information content (AvgIpc) is 3.36. The molecule has 2 aromatic heterocycles. The van der Waals surface area contributed by atoms with E-state index in [9.17, 15) is 4.79 Å². The van der Waals surface area contributed by atoms with Gasteiger partial charge < -0.3 is 15.5 Å². The summed E-state index contributed by atoms with van der Waals surface area (Å²) >= 11 is 0. The number of morpholine rings is 1. The van der Waals surface area contributed by atoms with Crippen LogP contribution >= 0.6 is 0 Å². The Morgan fingerprint density at radius 3 is 2.56 bits per heavy atom. The lowest BCUT2D eigenvalue weighted by Gasteiger charge is -2.33. The number of aromatic amines is 1. The van der Waals surface area contributed by atoms with Gasteiger partial charge in [0.2, 0.25) is 5.91 Å². The van der Waals surface area contributed by atoms with Crippen molar-refractivity contribution in [3.8, 4) is 22.3 Å². The first kappa shape index (κ1) is 25.7. The third-order valence-electron chi connectivity index (χ3n) is 8.68. The number of rotatable bonds is 6. The summed E-state index contributed by atoms with van der Waals surface area (Å²) in [5.74, 6) is -0.396. The van der Waals surface area contributed by atoms with E-state index in [-0.39, 0.29) is 0 Å². The fourth-order valence-electron chi connectivity index (χ4n) is 6.21. The lowest BCUT2D eigenvalue weighted by molar-refractivity contribution is 0.0326. The number of hydrogen-bond acceptors (Lipinski definition) is 5. The van der Waals surface area contributed by atoms with Crippen molar-refractivity contribution < 1.29 is 9.53 Å². The minimum Gasteiger partial charge on any atom is -0.379 e. The zero-order valence-corrected chi connectivity index (χ0v) is 23.1. The minimum absolute atomic E-state index is 0.396. The van der Waals surface area contributed by atoms with Gasteiger partial charge >= 0.3 is 0 Å². The van der Waals surface area contributed by atoms with Crippen LogP contribution in [0.2, 0.25) is 0 Å². The van der Waals surface area contributed by atoms with Gasteiger partial charge in [0.15, 0.2) is 0 Å². The normalized spacial score (nSPS) is 16.5. The van der Waals surface area contributed by atoms with Crippen molar-refractivity contribution in [1.82, 2.24) is 19.8 Å². The van der Waals surface area contributed by atoms with Gasteiger partial charge in [-0.15, -0.1) is 0 Å². The molecule has 4 aromatic rings. The summed E-state index contributed by atoms with van der Waals surface area (Å²) < 4.78 is 5.51. The van der Waals surface area contributed by atoms with Gasteiger partial charge in [0.1, 0.15) is 5.65 Å². The number of fused-ring (bicyclic) bond motifs is 2. The lowest BCUT2D eigenvalue weighted by Crippen LogP contribution is -2.42. The molecule has 2 aliphatic heterocycles. The number of amides is 1. The molecule has 7 heteroatoms. The van der Waals surface area contributed by atoms with Gasteiger partial charge in [-0.05, 0) is 84.3 Å². The standard InChI is InChI=1S/C32H37N5O2/c1-20-14-23(15-25-19-37(7-6-26(20)25)9-8-36-10-12-39-13-11-36)24-16-29-30(18-35-32(29)34-17-24)27-4-5-28(31(33)38)22(3)21(27)2/h4-5,14-18H,6-13,19H2,1-3H3,(H2,33,38)(H,34,35). The van der Waals surface area contributed by atoms with Crippen LogP contribution in [0.4, 0.5) is 0 Å². The van der Waals surface area contributed by atoms with Crippen LogP contribution < -0.4 is 5.73 Å². The quantitative estimate of drug-likeness (QED) is 0.385. The number of H-pyrrole nitrogens is 1. The highest BCUT2D eigenvalue weighted by molar-refractivity contribution is 5.99. The fourth-order valence-corrected chi connectivity index (χ4v) is 6.21. The highest BCUT2D eigenvalue weighted by atomic mass is 16.5. The Kier molecular flexibility index (Phi) is 6.97. The monoisotopic (exact) mass is 523 g/mol. The number of pyridine rings is 1. The average molecular weight is 524 g/mol. The second-order valence-corrected chi connectivity index (χ2v) is 11.0. The maximum absolute atomic E-state index is 11.8. The fraction of sp³-hybridized carbons (Fsp3) is 0.375. The summed E-state index contributed by atoms with van der Waals surface area (Å²) in [6.07, 6.45) is 5.08. The molecule has 2 aromatic carbocycles. The minimum atomic E-state index is -0.396. The zero-order chi connectivity index (χ0) is 27.1. The van der Waals surface area contributed by atoms with E-state index in [1.54, 1.807) is 0 Å². The summed E-state index contributed by atoms with van der Waals surface area (Å²) in [7, 11) is 0. The summed E-state index contributed by atoms with van der Waals surface area (Å²) in [5.41, 5.74) is 17.8. The van der Waals surface area contributed by atoms with Crippen molar-refractivity contribution in [1.29, 1.82) is 0 Å². The van der Waals surface area contributed by atoms with E-state index in [0.29, 0.717) is 5.56 Å². The van der Waals surface area contributed by atoms with E-state index < -0.39 is 5.91 Å². The van der Waals surface area contributed by atoms with Crippen LogP contribution in [0, 0.1) is 20.8 Å². The smallest absolute Gasteiger partial charge is 0.248 e. The van der Waals surface area contributed by atoms with Crippen LogP contribution in [0.3, 0.4) is 0 Å². The Morgan fingerprint density at radius 2 is 1.77 bits per heavy atom. The number of carbonyl (C=O) groups is 1. The molecule has 6 rings (SSSR count). The molecule has 0 unspecified atom stereocenters. The Bertz CT molecular complexity index is 1550. The number of carbonyl (C=O) groups excluding carboxylic acids is 1. The van der Waals surface area contributed by atoms with Crippen LogP contribution in [0.15, 0.2) is 42.7 Å². The summed E-state index contributed by atoms with van der Waals surface area (Å²) in [4.78, 5) is 25.1. The van der Waals surface area contributed by atoms with Crippen molar-refractivity contribution in [2.45, 2.75) is 33.7 Å². The largest absolute Gasteiger partial charge is 0.379 e. The number of nitrogens with one attached hydrogen (secondary N) is 1. The number of hydrogen-bond donors (Lipinski definition) is 2. The molecule has 1 fully saturated rings. The van der Waals surface area contributed by atoms with E-state index in [2.05, 4.69) is 39.9 Å². The Hall–Kier alpha value is -3.52. The van der Waals surface area contributed by atoms with Gasteiger partial charge in [-0.3, -0.25) is 14.6 Å². The SMILES string of the molecule is Cc1cc(-c2cnc3[nH]cc(-c4ccc(C(N)=O)c(C)c4C)c3c2)cc2c1CCN(CCN1CCOCC1)C2. The Labute approximate surface area is 230 Å². The van der Waals surface area contributed by atoms with E-state index in [0.717, 1.165) is 97.8 Å². The Morgan fingerprint density at radius 1 is 0.974 bits per heavy atom. The molecule has 1 saturated heterocycles. The van der Waals surface area contributed by atoms with Gasteiger partial charge in [0.25, 0.3) is 0 Å². The summed E-state index contributed by atoms with van der Waals surface area (Å²) in [6.45, 7) is 14.3. The number of primary amides is 1. The predicted molar refractivity (Wildman–Crippen MR) is 156 cm³/mol. The lowest BCUT2D eigenvalue weighted by atomic mass is 9.90. The van der Waals surface area contributed by atoms with Crippen LogP contribution in [-0.2, 0) is 17.7 Å². The van der Waals surface area contributed by atoms with Crippen LogP contribution in [0.5, 0.6) is 0 Å². The molecule has 1 amide bonds. The van der Waals surface area contributed by atoms with Gasteiger partial charge in [-0.2, -0.15) is 0 Å². The molecule has 0 spiro atoms. The molecule has 2 aliphatic rings. The van der Waals surface area contributed by atoms with E-state index in [1.165, 1.54) is 22.3 Å². The first-order chi connectivity index (χ1) is 18.9. The molecule has 7 nitrogen and oxygen atoms in total. The Balaban J connectivity index is 1.30. The van der Waals surface area contributed by atoms with Gasteiger partial charge in [-0.25, -0.2) is 4.98 Å². The molecule has 202 valence electrons. The van der Waals surface area contributed by atoms with Crippen molar-refractivity contribution in [2.24, 2.45) is 5.73 Å². The van der Waals surface area contributed by atoms with Crippen molar-refractivity contribution >= 4 is 16.9 Å². The summed E-state index contributed by atoms with van der Waals surface area (Å²) in [5, 5.41) is 1.07. The second kappa shape index (κ2) is 10.6. The van der Waals surface area contributed by atoms with E-state index in [1.807, 2.05) is 38.4 Å². The molecule has 0 saturated carbocycles. The van der Waals surface area contributed by atoms with E-state index >= 15 is 0 Å². The first-order valence-electron chi connectivity index (χ1n) is 13.9. The second-order valence-electron chi connectivity index (χ2n) is 11.0. The molecule has 0 bridgehead atoms. The van der Waals surface area contributed by atoms with Gasteiger partial charge in [0.05, 0.1) is 13.2 Å². The van der Waals surface area contributed by atoms with Crippen molar-refractivity contribution in [3.63, 3.8) is 0 Å². The predicted octanol–water partition coefficient (Wildman–Crippen LogP) is 4.61.